The van der Waals surface area contributed by atoms with Crippen LogP contribution in [0.1, 0.15) is 41.4 Å². The van der Waals surface area contributed by atoms with E-state index in [1.807, 2.05) is 0 Å². The number of carbonyl (C=O) groups is 4. The van der Waals surface area contributed by atoms with Crippen LogP contribution in [-0.2, 0) is 26.2 Å². The van der Waals surface area contributed by atoms with E-state index in [1.54, 1.807) is 50.1 Å². The van der Waals surface area contributed by atoms with Crippen molar-refractivity contribution in [3.05, 3.63) is 58.7 Å². The molecule has 0 saturated carbocycles. The maximum atomic E-state index is 10.8. The van der Waals surface area contributed by atoms with E-state index in [2.05, 4.69) is 0 Å². The molecule has 0 unspecified atom stereocenters. The van der Waals surface area contributed by atoms with E-state index in [4.69, 9.17) is 20.4 Å². The fourth-order valence-electron chi connectivity index (χ4n) is 2.35. The average molecular weight is 510 g/mol. The summed E-state index contributed by atoms with van der Waals surface area (Å²) in [5.41, 5.74) is 0.499. The predicted molar refractivity (Wildman–Crippen MR) is 109 cm³/mol. The van der Waals surface area contributed by atoms with Gasteiger partial charge in [0, 0.05) is 65.8 Å². The zero-order chi connectivity index (χ0) is 23.2. The first-order chi connectivity index (χ1) is 13.9. The maximum absolute atomic E-state index is 10.8. The summed E-state index contributed by atoms with van der Waals surface area (Å²) in [6, 6.07) is 8.39. The van der Waals surface area contributed by atoms with Gasteiger partial charge in [-0.15, -0.1) is 0 Å². The van der Waals surface area contributed by atoms with Gasteiger partial charge in [0.25, 0.3) is 0 Å². The number of rotatable bonds is 6. The third-order valence-corrected chi connectivity index (χ3v) is 3.96. The van der Waals surface area contributed by atoms with Crippen molar-refractivity contribution < 1.29 is 65.8 Å². The normalized spacial score (nSPS) is 9.42. The smallest absolute Gasteiger partial charge is 0.336 e. The van der Waals surface area contributed by atoms with Crippen LogP contribution in [0.5, 0.6) is 0 Å². The van der Waals surface area contributed by atoms with E-state index in [9.17, 15) is 19.2 Å². The van der Waals surface area contributed by atoms with E-state index in [1.165, 1.54) is 24.3 Å². The first-order valence-electron chi connectivity index (χ1n) is 8.42. The van der Waals surface area contributed by atoms with Crippen molar-refractivity contribution in [1.82, 2.24) is 0 Å². The molecule has 0 atom stereocenters. The van der Waals surface area contributed by atoms with Crippen LogP contribution in [0, 0.1) is 0 Å². The Balaban J connectivity index is 0.000000562. The Labute approximate surface area is 197 Å². The van der Waals surface area contributed by atoms with E-state index >= 15 is 0 Å². The zero-order valence-corrected chi connectivity index (χ0v) is 19.7. The van der Waals surface area contributed by atoms with Gasteiger partial charge in [0.1, 0.15) is 0 Å². The Bertz CT molecular complexity index is 910. The summed E-state index contributed by atoms with van der Waals surface area (Å²) in [6.45, 7) is 0. The van der Waals surface area contributed by atoms with Gasteiger partial charge in [0.2, 0.25) is 0 Å². The first-order valence-corrected chi connectivity index (χ1v) is 8.42. The van der Waals surface area contributed by atoms with Crippen LogP contribution in [-0.4, -0.2) is 72.5 Å². The second kappa shape index (κ2) is 11.9. The maximum Gasteiger partial charge on any atom is 0.336 e. The number of hydrogen-bond donors (Lipinski definition) is 4. The minimum Gasteiger partial charge on any atom is -0.478 e. The van der Waals surface area contributed by atoms with Crippen molar-refractivity contribution in [2.24, 2.45) is 0 Å². The molecule has 0 amide bonds. The Morgan fingerprint density at radius 2 is 0.806 bits per heavy atom. The van der Waals surface area contributed by atoms with Crippen LogP contribution in [0.3, 0.4) is 0 Å². The summed E-state index contributed by atoms with van der Waals surface area (Å²) in [6.07, 6.45) is 0. The van der Waals surface area contributed by atoms with E-state index in [0.717, 1.165) is 0 Å². The molecule has 31 heavy (non-hydrogen) atoms. The summed E-state index contributed by atoms with van der Waals surface area (Å²) in [5.74, 6) is -4.96. The molecule has 164 valence electrons. The van der Waals surface area contributed by atoms with E-state index in [-0.39, 0.29) is 48.5 Å². The fourth-order valence-corrected chi connectivity index (χ4v) is 2.35. The predicted octanol–water partition coefficient (Wildman–Crippen LogP) is 2.30. The molecule has 11 heteroatoms. The largest absolute Gasteiger partial charge is 0.478 e. The minimum atomic E-state index is -1.24. The van der Waals surface area contributed by atoms with Gasteiger partial charge in [-0.3, -0.25) is 0 Å². The molecule has 2 aromatic rings. The monoisotopic (exact) mass is 508 g/mol. The van der Waals surface area contributed by atoms with Crippen molar-refractivity contribution in [3.63, 3.8) is 0 Å². The van der Waals surface area contributed by atoms with E-state index < -0.39 is 23.9 Å². The number of benzene rings is 2. The number of aromatic carboxylic acids is 4. The summed E-state index contributed by atoms with van der Waals surface area (Å²) >= 11 is 0. The number of nitrogens with zero attached hydrogens (tertiary/aromatic N) is 2. The second-order valence-electron chi connectivity index (χ2n) is 6.47. The topological polar surface area (TPSA) is 156 Å². The van der Waals surface area contributed by atoms with Crippen molar-refractivity contribution in [3.8, 4) is 0 Å². The van der Waals surface area contributed by atoms with Gasteiger partial charge in [-0.05, 0) is 36.4 Å². The molecule has 4 N–H and O–H groups in total. The quantitative estimate of drug-likeness (QED) is 0.456. The van der Waals surface area contributed by atoms with Gasteiger partial charge in [-0.2, -0.15) is 0 Å². The molecule has 0 radical (unpaired) electrons. The summed E-state index contributed by atoms with van der Waals surface area (Å²) in [5, 5.41) is 35.2. The van der Waals surface area contributed by atoms with Crippen LogP contribution in [0.25, 0.3) is 0 Å². The molecule has 0 aromatic heterocycles. The molecule has 0 aliphatic heterocycles. The number of carboxylic acid groups (broad SMARTS) is 4. The molecule has 2 rings (SSSR count). The molecule has 0 aliphatic carbocycles. The zero-order valence-electron chi connectivity index (χ0n) is 17.3. The molecule has 0 saturated heterocycles. The Kier molecular flexibility index (Phi) is 10.6. The summed E-state index contributed by atoms with van der Waals surface area (Å²) < 4.78 is 0. The average Bonchev–Trinajstić information content (AvgIpc) is 2.67. The minimum absolute atomic E-state index is 0. The van der Waals surface area contributed by atoms with Crippen LogP contribution < -0.4 is 9.80 Å². The van der Waals surface area contributed by atoms with Gasteiger partial charge in [0.05, 0.1) is 22.3 Å². The molecule has 0 spiro atoms. The molecule has 0 fully saturated rings. The second-order valence-corrected chi connectivity index (χ2v) is 6.47. The van der Waals surface area contributed by atoms with Crippen molar-refractivity contribution in [2.75, 3.05) is 38.0 Å². The van der Waals surface area contributed by atoms with Gasteiger partial charge < -0.3 is 30.2 Å². The third kappa shape index (κ3) is 7.53. The van der Waals surface area contributed by atoms with Crippen molar-refractivity contribution in [2.45, 2.75) is 0 Å². The van der Waals surface area contributed by atoms with Crippen LogP contribution in [0.2, 0.25) is 0 Å². The molecule has 0 aliphatic rings. The van der Waals surface area contributed by atoms with Gasteiger partial charge in [-0.25, -0.2) is 19.2 Å². The molecule has 10 nitrogen and oxygen atoms in total. The van der Waals surface area contributed by atoms with Crippen molar-refractivity contribution >= 4 is 35.3 Å². The van der Waals surface area contributed by atoms with Crippen LogP contribution in [0.4, 0.5) is 11.4 Å². The van der Waals surface area contributed by atoms with Crippen LogP contribution >= 0.6 is 0 Å². The van der Waals surface area contributed by atoms with E-state index in [0.29, 0.717) is 11.4 Å². The molecule has 0 bridgehead atoms. The Morgan fingerprint density at radius 1 is 0.548 bits per heavy atom. The van der Waals surface area contributed by atoms with Gasteiger partial charge in [-0.1, -0.05) is 0 Å². The molecular formula is C20H22N2O8Zr. The van der Waals surface area contributed by atoms with Gasteiger partial charge >= 0.3 is 23.9 Å². The van der Waals surface area contributed by atoms with Crippen LogP contribution in [0.15, 0.2) is 36.4 Å². The number of carboxylic acids is 4. The third-order valence-electron chi connectivity index (χ3n) is 3.96. The standard InChI is InChI=1S/2C10H11NO4.Zr/c2*1-11(2)6-3-4-7(9(12)13)8(5-6)10(14)15;/h2*3-5H,1-2H3,(H,12,13)(H,14,15);. The summed E-state index contributed by atoms with van der Waals surface area (Å²) in [4.78, 5) is 46.5. The fraction of sp³-hybridized carbons (Fsp3) is 0.200. The van der Waals surface area contributed by atoms with Crippen molar-refractivity contribution in [1.29, 1.82) is 0 Å². The molecule has 2 aromatic carbocycles. The van der Waals surface area contributed by atoms with Gasteiger partial charge in [0.15, 0.2) is 0 Å². The summed E-state index contributed by atoms with van der Waals surface area (Å²) in [7, 11) is 7.01. The molecule has 0 heterocycles. The molecular weight excluding hydrogens is 487 g/mol. The Morgan fingerprint density at radius 3 is 1.00 bits per heavy atom. The SMILES string of the molecule is CN(C)c1ccc(C(=O)O)c(C(=O)O)c1.CN(C)c1ccc(C(=O)O)c(C(=O)O)c1.[Zr]. The number of anilines is 2. The number of hydrogen-bond acceptors (Lipinski definition) is 6. The first kappa shape index (κ1) is 27.8. The Hall–Kier alpha value is -3.20.